The van der Waals surface area contributed by atoms with Crippen molar-refractivity contribution in [1.82, 2.24) is 10.6 Å². The zero-order valence-electron chi connectivity index (χ0n) is 20.1. The van der Waals surface area contributed by atoms with E-state index in [9.17, 15) is 19.5 Å². The number of rotatable bonds is 8. The first kappa shape index (κ1) is 24.7. The second-order valence-electron chi connectivity index (χ2n) is 9.32. The minimum Gasteiger partial charge on any atom is -0.480 e. The number of amides is 2. The van der Waals surface area contributed by atoms with Crippen molar-refractivity contribution in [2.75, 3.05) is 19.8 Å². The van der Waals surface area contributed by atoms with Gasteiger partial charge < -0.3 is 25.2 Å². The summed E-state index contributed by atoms with van der Waals surface area (Å²) in [6.07, 6.45) is 0.346. The first-order chi connectivity index (χ1) is 16.9. The quantitative estimate of drug-likeness (QED) is 0.531. The molecular formula is C27H32N2O6. The van der Waals surface area contributed by atoms with Crippen molar-refractivity contribution in [2.45, 2.75) is 50.6 Å². The summed E-state index contributed by atoms with van der Waals surface area (Å²) in [6, 6.07) is 15.1. The first-order valence-corrected chi connectivity index (χ1v) is 12.1. The van der Waals surface area contributed by atoms with Crippen LogP contribution in [0.4, 0.5) is 4.79 Å². The molecule has 0 unspecified atom stereocenters. The molecule has 8 nitrogen and oxygen atoms in total. The standard InChI is InChI=1S/C27H32N2O6/c1-3-17(2)23(24(30)31)28-25(32)27(12-14-34-15-13-27)29-26(33)35-16-22-20-10-6-4-8-18(20)19-9-5-7-11-21(19)22/h4-11,17,22-23H,3,12-16H2,1-2H3,(H,28,32)(H,29,33)(H,30,31)/t17-,23-/m0/s1. The van der Waals surface area contributed by atoms with Gasteiger partial charge in [0, 0.05) is 32.0 Å². The number of fused-ring (bicyclic) bond motifs is 3. The smallest absolute Gasteiger partial charge is 0.408 e. The van der Waals surface area contributed by atoms with Gasteiger partial charge in [0.1, 0.15) is 18.2 Å². The highest BCUT2D eigenvalue weighted by molar-refractivity contribution is 5.93. The molecule has 35 heavy (non-hydrogen) atoms. The molecule has 0 aromatic heterocycles. The lowest BCUT2D eigenvalue weighted by atomic mass is 9.88. The molecule has 2 aromatic carbocycles. The molecule has 2 aliphatic rings. The number of nitrogens with one attached hydrogen (secondary N) is 2. The van der Waals surface area contributed by atoms with Crippen LogP contribution in [0, 0.1) is 5.92 Å². The molecule has 1 aliphatic heterocycles. The van der Waals surface area contributed by atoms with Crippen molar-refractivity contribution in [3.05, 3.63) is 59.7 Å². The summed E-state index contributed by atoms with van der Waals surface area (Å²) in [5.74, 6) is -1.99. The van der Waals surface area contributed by atoms with E-state index < -0.39 is 29.6 Å². The van der Waals surface area contributed by atoms with Gasteiger partial charge in [0.25, 0.3) is 0 Å². The third kappa shape index (κ3) is 5.03. The third-order valence-electron chi connectivity index (χ3n) is 7.23. The average Bonchev–Trinajstić information content (AvgIpc) is 3.19. The molecule has 1 heterocycles. The lowest BCUT2D eigenvalue weighted by Gasteiger charge is -2.37. The summed E-state index contributed by atoms with van der Waals surface area (Å²) >= 11 is 0. The Labute approximate surface area is 205 Å². The molecule has 8 heteroatoms. The molecule has 186 valence electrons. The molecule has 0 saturated carbocycles. The van der Waals surface area contributed by atoms with Crippen LogP contribution >= 0.6 is 0 Å². The number of carbonyl (C=O) groups excluding carboxylic acids is 2. The highest BCUT2D eigenvalue weighted by Gasteiger charge is 2.44. The van der Waals surface area contributed by atoms with Gasteiger partial charge in [-0.15, -0.1) is 0 Å². The van der Waals surface area contributed by atoms with Crippen molar-refractivity contribution < 1.29 is 29.0 Å². The maximum absolute atomic E-state index is 13.3. The molecule has 0 bridgehead atoms. The second-order valence-corrected chi connectivity index (χ2v) is 9.32. The molecular weight excluding hydrogens is 448 g/mol. The van der Waals surface area contributed by atoms with Crippen LogP contribution in [0.2, 0.25) is 0 Å². The van der Waals surface area contributed by atoms with E-state index in [1.807, 2.05) is 43.3 Å². The number of ether oxygens (including phenoxy) is 2. The minimum atomic E-state index is -1.29. The summed E-state index contributed by atoms with van der Waals surface area (Å²) in [6.45, 7) is 4.32. The Hall–Kier alpha value is -3.39. The van der Waals surface area contributed by atoms with Gasteiger partial charge in [-0.1, -0.05) is 68.8 Å². The van der Waals surface area contributed by atoms with Gasteiger partial charge in [0.05, 0.1) is 0 Å². The largest absolute Gasteiger partial charge is 0.480 e. The Balaban J connectivity index is 1.47. The molecule has 4 rings (SSSR count). The Kier molecular flexibility index (Phi) is 7.40. The number of hydrogen-bond donors (Lipinski definition) is 3. The monoisotopic (exact) mass is 480 g/mol. The van der Waals surface area contributed by atoms with Gasteiger partial charge in [-0.25, -0.2) is 9.59 Å². The number of benzene rings is 2. The summed E-state index contributed by atoms with van der Waals surface area (Å²) < 4.78 is 11.1. The van der Waals surface area contributed by atoms with Crippen LogP contribution in [0.3, 0.4) is 0 Å². The number of carboxylic acids is 1. The number of hydrogen-bond acceptors (Lipinski definition) is 5. The third-order valence-corrected chi connectivity index (χ3v) is 7.23. The van der Waals surface area contributed by atoms with Crippen molar-refractivity contribution in [3.8, 4) is 11.1 Å². The van der Waals surface area contributed by atoms with Crippen LogP contribution in [-0.4, -0.2) is 54.5 Å². The molecule has 0 spiro atoms. The van der Waals surface area contributed by atoms with Crippen molar-refractivity contribution >= 4 is 18.0 Å². The van der Waals surface area contributed by atoms with Gasteiger partial charge in [-0.3, -0.25) is 4.79 Å². The topological polar surface area (TPSA) is 114 Å². The number of aliphatic carboxylic acids is 1. The van der Waals surface area contributed by atoms with Crippen molar-refractivity contribution in [1.29, 1.82) is 0 Å². The van der Waals surface area contributed by atoms with Gasteiger partial charge in [-0.2, -0.15) is 0 Å². The number of carboxylic acid groups (broad SMARTS) is 1. The predicted octanol–water partition coefficient (Wildman–Crippen LogP) is 3.69. The highest BCUT2D eigenvalue weighted by Crippen LogP contribution is 2.44. The summed E-state index contributed by atoms with van der Waals surface area (Å²) in [5.41, 5.74) is 3.15. The molecule has 0 radical (unpaired) electrons. The van der Waals surface area contributed by atoms with Crippen LogP contribution in [0.25, 0.3) is 11.1 Å². The van der Waals surface area contributed by atoms with Crippen molar-refractivity contribution in [3.63, 3.8) is 0 Å². The van der Waals surface area contributed by atoms with Crippen molar-refractivity contribution in [2.24, 2.45) is 5.92 Å². The first-order valence-electron chi connectivity index (χ1n) is 12.1. The summed E-state index contributed by atoms with van der Waals surface area (Å²) in [5, 5.41) is 15.0. The van der Waals surface area contributed by atoms with Crippen LogP contribution in [0.15, 0.2) is 48.5 Å². The van der Waals surface area contributed by atoms with E-state index in [0.29, 0.717) is 6.42 Å². The normalized spacial score (nSPS) is 18.0. The van der Waals surface area contributed by atoms with E-state index in [0.717, 1.165) is 22.3 Å². The molecule has 2 amide bonds. The van der Waals surface area contributed by atoms with Gasteiger partial charge in [0.15, 0.2) is 0 Å². The van der Waals surface area contributed by atoms with E-state index in [1.165, 1.54) is 0 Å². The average molecular weight is 481 g/mol. The van der Waals surface area contributed by atoms with E-state index in [-0.39, 0.29) is 44.5 Å². The van der Waals surface area contributed by atoms with E-state index in [2.05, 4.69) is 22.8 Å². The van der Waals surface area contributed by atoms with Crippen LogP contribution in [0.1, 0.15) is 50.2 Å². The zero-order valence-corrected chi connectivity index (χ0v) is 20.1. The van der Waals surface area contributed by atoms with Crippen LogP contribution < -0.4 is 10.6 Å². The number of carbonyl (C=O) groups is 3. The van der Waals surface area contributed by atoms with E-state index in [1.54, 1.807) is 6.92 Å². The fourth-order valence-corrected chi connectivity index (χ4v) is 4.92. The lowest BCUT2D eigenvalue weighted by molar-refractivity contribution is -0.145. The number of alkyl carbamates (subject to hydrolysis) is 1. The van der Waals surface area contributed by atoms with Crippen LogP contribution in [-0.2, 0) is 19.1 Å². The molecule has 2 aromatic rings. The maximum Gasteiger partial charge on any atom is 0.408 e. The minimum absolute atomic E-state index is 0.102. The Morgan fingerprint density at radius 3 is 2.17 bits per heavy atom. The van der Waals surface area contributed by atoms with E-state index in [4.69, 9.17) is 9.47 Å². The van der Waals surface area contributed by atoms with Gasteiger partial charge >= 0.3 is 12.1 Å². The lowest BCUT2D eigenvalue weighted by Crippen LogP contribution is -2.64. The van der Waals surface area contributed by atoms with E-state index >= 15 is 0 Å². The summed E-state index contributed by atoms with van der Waals surface area (Å²) in [7, 11) is 0. The molecule has 1 saturated heterocycles. The summed E-state index contributed by atoms with van der Waals surface area (Å²) in [4.78, 5) is 38.0. The highest BCUT2D eigenvalue weighted by atomic mass is 16.5. The van der Waals surface area contributed by atoms with Gasteiger partial charge in [0.2, 0.25) is 5.91 Å². The fraction of sp³-hybridized carbons (Fsp3) is 0.444. The zero-order chi connectivity index (χ0) is 25.0. The molecule has 2 atom stereocenters. The van der Waals surface area contributed by atoms with Gasteiger partial charge in [-0.05, 0) is 28.2 Å². The Morgan fingerprint density at radius 2 is 1.63 bits per heavy atom. The SMILES string of the molecule is CC[C@H](C)[C@H](NC(=O)C1(NC(=O)OCC2c3ccccc3-c3ccccc32)CCOCC1)C(=O)O. The maximum atomic E-state index is 13.3. The van der Waals surface area contributed by atoms with Crippen LogP contribution in [0.5, 0.6) is 0 Å². The predicted molar refractivity (Wildman–Crippen MR) is 130 cm³/mol. The molecule has 3 N–H and O–H groups in total. The Bertz CT molecular complexity index is 1050. The molecule has 1 aliphatic carbocycles. The second kappa shape index (κ2) is 10.5. The molecule has 1 fully saturated rings. The fourth-order valence-electron chi connectivity index (χ4n) is 4.92. The Morgan fingerprint density at radius 1 is 1.06 bits per heavy atom.